The summed E-state index contributed by atoms with van der Waals surface area (Å²) in [5.41, 5.74) is 3.43. The maximum absolute atomic E-state index is 10.2. The van der Waals surface area contributed by atoms with Crippen molar-refractivity contribution < 1.29 is 9.90 Å². The highest BCUT2D eigenvalue weighted by atomic mass is 16.4. The van der Waals surface area contributed by atoms with Crippen LogP contribution in [-0.2, 0) is 4.79 Å². The van der Waals surface area contributed by atoms with Crippen molar-refractivity contribution in [3.05, 3.63) is 11.1 Å². The van der Waals surface area contributed by atoms with Gasteiger partial charge in [0.1, 0.15) is 0 Å². The Morgan fingerprint density at radius 2 is 2.15 bits per heavy atom. The molecule has 0 bridgehead atoms. The minimum absolute atomic E-state index is 0.346. The van der Waals surface area contributed by atoms with Gasteiger partial charge in [0.2, 0.25) is 0 Å². The minimum atomic E-state index is -0.656. The van der Waals surface area contributed by atoms with Gasteiger partial charge in [0.15, 0.2) is 0 Å². The lowest BCUT2D eigenvalue weighted by Gasteiger charge is -1.94. The van der Waals surface area contributed by atoms with E-state index in [0.29, 0.717) is 6.42 Å². The van der Waals surface area contributed by atoms with E-state index in [2.05, 4.69) is 0 Å². The Labute approximate surface area is 78.6 Å². The molecular weight excluding hydrogens is 164 g/mol. The molecular formula is C11H16O2. The third-order valence-corrected chi connectivity index (χ3v) is 2.95. The maximum Gasteiger partial charge on any atom is 0.303 e. The molecule has 13 heavy (non-hydrogen) atoms. The van der Waals surface area contributed by atoms with Crippen molar-refractivity contribution in [3.63, 3.8) is 0 Å². The van der Waals surface area contributed by atoms with Crippen LogP contribution in [0.15, 0.2) is 11.1 Å². The molecule has 0 radical (unpaired) electrons. The van der Waals surface area contributed by atoms with Gasteiger partial charge in [-0.15, -0.1) is 0 Å². The molecule has 72 valence electrons. The van der Waals surface area contributed by atoms with E-state index in [1.165, 1.54) is 25.7 Å². The molecule has 0 heterocycles. The summed E-state index contributed by atoms with van der Waals surface area (Å²) < 4.78 is 0. The maximum atomic E-state index is 10.2. The van der Waals surface area contributed by atoms with Gasteiger partial charge in [-0.25, -0.2) is 0 Å². The summed E-state index contributed by atoms with van der Waals surface area (Å²) in [6, 6.07) is 0. The van der Waals surface area contributed by atoms with Gasteiger partial charge >= 0.3 is 5.97 Å². The van der Waals surface area contributed by atoms with E-state index in [4.69, 9.17) is 5.11 Å². The van der Waals surface area contributed by atoms with Crippen LogP contribution in [-0.4, -0.2) is 11.1 Å². The highest BCUT2D eigenvalue weighted by molar-refractivity contribution is 5.66. The van der Waals surface area contributed by atoms with Gasteiger partial charge < -0.3 is 5.11 Å². The predicted molar refractivity (Wildman–Crippen MR) is 50.5 cm³/mol. The van der Waals surface area contributed by atoms with Crippen molar-refractivity contribution in [2.24, 2.45) is 5.92 Å². The standard InChI is InChI=1S/C11H16O2/c12-11(13)4-2-1-3-9-7-10(9)8-5-6-8/h9H,1-7H2,(H,12,13). The molecule has 0 aromatic heterocycles. The molecule has 2 saturated carbocycles. The Kier molecular flexibility index (Phi) is 2.38. The van der Waals surface area contributed by atoms with Crippen LogP contribution in [0.3, 0.4) is 0 Å². The van der Waals surface area contributed by atoms with Gasteiger partial charge in [0.05, 0.1) is 0 Å². The van der Waals surface area contributed by atoms with E-state index in [9.17, 15) is 4.79 Å². The first-order valence-electron chi connectivity index (χ1n) is 5.20. The molecule has 2 fully saturated rings. The molecule has 2 aliphatic carbocycles. The van der Waals surface area contributed by atoms with Crippen molar-refractivity contribution in [2.75, 3.05) is 0 Å². The molecule has 1 unspecified atom stereocenters. The monoisotopic (exact) mass is 180 g/mol. The highest BCUT2D eigenvalue weighted by Gasteiger charge is 2.34. The number of aliphatic carboxylic acids is 1. The van der Waals surface area contributed by atoms with Crippen LogP contribution in [0.1, 0.15) is 44.9 Å². The Morgan fingerprint density at radius 1 is 1.38 bits per heavy atom. The molecule has 0 aromatic rings. The van der Waals surface area contributed by atoms with E-state index in [1.807, 2.05) is 0 Å². The van der Waals surface area contributed by atoms with Gasteiger partial charge in [0.25, 0.3) is 0 Å². The first kappa shape index (κ1) is 8.79. The van der Waals surface area contributed by atoms with E-state index in [-0.39, 0.29) is 0 Å². The predicted octanol–water partition coefficient (Wildman–Crippen LogP) is 2.74. The second-order valence-electron chi connectivity index (χ2n) is 4.17. The summed E-state index contributed by atoms with van der Waals surface area (Å²) in [5, 5.41) is 8.44. The number of unbranched alkanes of at least 4 members (excludes halogenated alkanes) is 1. The lowest BCUT2D eigenvalue weighted by atomic mass is 10.1. The molecule has 0 aromatic carbocycles. The lowest BCUT2D eigenvalue weighted by molar-refractivity contribution is -0.137. The number of rotatable bonds is 5. The molecule has 0 saturated heterocycles. The van der Waals surface area contributed by atoms with Crippen molar-refractivity contribution in [1.82, 2.24) is 0 Å². The molecule has 0 aliphatic heterocycles. The zero-order chi connectivity index (χ0) is 9.26. The lowest BCUT2D eigenvalue weighted by Crippen LogP contribution is -1.93. The summed E-state index contributed by atoms with van der Waals surface area (Å²) >= 11 is 0. The third kappa shape index (κ3) is 2.58. The van der Waals surface area contributed by atoms with Crippen LogP contribution in [0, 0.1) is 5.92 Å². The number of carboxylic acid groups (broad SMARTS) is 1. The fourth-order valence-corrected chi connectivity index (χ4v) is 1.97. The fourth-order valence-electron chi connectivity index (χ4n) is 1.97. The van der Waals surface area contributed by atoms with Gasteiger partial charge in [-0.1, -0.05) is 17.6 Å². The number of carbonyl (C=O) groups is 1. The minimum Gasteiger partial charge on any atom is -0.481 e. The first-order chi connectivity index (χ1) is 6.27. The molecule has 2 aliphatic rings. The quantitative estimate of drug-likeness (QED) is 0.521. The van der Waals surface area contributed by atoms with Crippen molar-refractivity contribution in [2.45, 2.75) is 44.9 Å². The average molecular weight is 180 g/mol. The SMILES string of the molecule is O=C(O)CCCCC1CC1=C1CC1. The number of hydrogen-bond donors (Lipinski definition) is 1. The largest absolute Gasteiger partial charge is 0.481 e. The van der Waals surface area contributed by atoms with Crippen molar-refractivity contribution >= 4 is 5.97 Å². The molecule has 2 nitrogen and oxygen atoms in total. The van der Waals surface area contributed by atoms with Crippen LogP contribution in [0.2, 0.25) is 0 Å². The summed E-state index contributed by atoms with van der Waals surface area (Å²) in [6.45, 7) is 0. The molecule has 0 amide bonds. The van der Waals surface area contributed by atoms with Crippen molar-refractivity contribution in [3.8, 4) is 0 Å². The molecule has 0 spiro atoms. The van der Waals surface area contributed by atoms with Gasteiger partial charge in [-0.05, 0) is 38.0 Å². The second-order valence-corrected chi connectivity index (χ2v) is 4.17. The second kappa shape index (κ2) is 3.52. The summed E-state index contributed by atoms with van der Waals surface area (Å²) in [4.78, 5) is 10.2. The normalized spacial score (nSPS) is 24.8. The number of carboxylic acids is 1. The molecule has 1 N–H and O–H groups in total. The Hall–Kier alpha value is -0.790. The fraction of sp³-hybridized carbons (Fsp3) is 0.727. The van der Waals surface area contributed by atoms with Gasteiger partial charge in [-0.3, -0.25) is 4.79 Å². The van der Waals surface area contributed by atoms with E-state index in [1.54, 1.807) is 11.1 Å². The van der Waals surface area contributed by atoms with Crippen LogP contribution in [0.4, 0.5) is 0 Å². The van der Waals surface area contributed by atoms with Crippen molar-refractivity contribution in [1.29, 1.82) is 0 Å². The Bertz CT molecular complexity index is 247. The zero-order valence-electron chi connectivity index (χ0n) is 7.88. The Morgan fingerprint density at radius 3 is 2.77 bits per heavy atom. The first-order valence-corrected chi connectivity index (χ1v) is 5.20. The average Bonchev–Trinajstić information content (AvgIpc) is 2.89. The van der Waals surface area contributed by atoms with E-state index in [0.717, 1.165) is 18.8 Å². The summed E-state index contributed by atoms with van der Waals surface area (Å²) in [5.74, 6) is 0.197. The van der Waals surface area contributed by atoms with Crippen LogP contribution in [0.25, 0.3) is 0 Å². The van der Waals surface area contributed by atoms with Crippen LogP contribution < -0.4 is 0 Å². The number of allylic oxidation sites excluding steroid dienone is 2. The highest BCUT2D eigenvalue weighted by Crippen LogP contribution is 2.50. The Balaban J connectivity index is 1.55. The van der Waals surface area contributed by atoms with Gasteiger partial charge in [-0.2, -0.15) is 0 Å². The zero-order valence-corrected chi connectivity index (χ0v) is 7.88. The molecule has 2 rings (SSSR count). The van der Waals surface area contributed by atoms with E-state index >= 15 is 0 Å². The smallest absolute Gasteiger partial charge is 0.303 e. The van der Waals surface area contributed by atoms with Crippen LogP contribution >= 0.6 is 0 Å². The molecule has 2 heteroatoms. The third-order valence-electron chi connectivity index (χ3n) is 2.95. The van der Waals surface area contributed by atoms with E-state index < -0.39 is 5.97 Å². The summed E-state index contributed by atoms with van der Waals surface area (Å²) in [6.07, 6.45) is 7.54. The molecule has 1 atom stereocenters. The number of hydrogen-bond acceptors (Lipinski definition) is 1. The van der Waals surface area contributed by atoms with Gasteiger partial charge in [0, 0.05) is 6.42 Å². The topological polar surface area (TPSA) is 37.3 Å². The van der Waals surface area contributed by atoms with Crippen LogP contribution in [0.5, 0.6) is 0 Å². The summed E-state index contributed by atoms with van der Waals surface area (Å²) in [7, 11) is 0.